The molecule has 0 aromatic heterocycles. The molecule has 2 unspecified atom stereocenters. The highest BCUT2D eigenvalue weighted by Crippen LogP contribution is 2.51. The van der Waals surface area contributed by atoms with Gasteiger partial charge >= 0.3 is 0 Å². The summed E-state index contributed by atoms with van der Waals surface area (Å²) in [7, 11) is -3.16. The van der Waals surface area contributed by atoms with Crippen LogP contribution in [0.1, 0.15) is 51.9 Å². The lowest BCUT2D eigenvalue weighted by molar-refractivity contribution is 0.0681. The van der Waals surface area contributed by atoms with E-state index in [9.17, 15) is 8.42 Å². The van der Waals surface area contributed by atoms with Crippen molar-refractivity contribution in [2.45, 2.75) is 56.8 Å². The third-order valence-electron chi connectivity index (χ3n) is 5.68. The van der Waals surface area contributed by atoms with Gasteiger partial charge in [0.15, 0.2) is 9.84 Å². The fraction of sp³-hybridized carbons (Fsp3) is 0.667. The zero-order valence-corrected chi connectivity index (χ0v) is 13.7. The average Bonchev–Trinajstić information content (AvgIpc) is 2.47. The summed E-state index contributed by atoms with van der Waals surface area (Å²) in [6.45, 7) is 2.18. The van der Waals surface area contributed by atoms with Gasteiger partial charge in [-0.1, -0.05) is 44.4 Å². The van der Waals surface area contributed by atoms with Crippen molar-refractivity contribution in [1.29, 1.82) is 0 Å². The van der Waals surface area contributed by atoms with E-state index in [0.717, 1.165) is 31.1 Å². The van der Waals surface area contributed by atoms with E-state index in [2.05, 4.69) is 6.92 Å². The second-order valence-electron chi connectivity index (χ2n) is 7.23. The lowest BCUT2D eigenvalue weighted by Gasteiger charge is -2.47. The molecule has 2 nitrogen and oxygen atoms in total. The van der Waals surface area contributed by atoms with Crippen molar-refractivity contribution in [2.75, 3.05) is 5.75 Å². The molecule has 2 fully saturated rings. The molecule has 3 rings (SSSR count). The Labute approximate surface area is 128 Å². The van der Waals surface area contributed by atoms with Gasteiger partial charge in [-0.2, -0.15) is 0 Å². The molecule has 0 heterocycles. The smallest absolute Gasteiger partial charge is 0.178 e. The van der Waals surface area contributed by atoms with Crippen LogP contribution in [0, 0.1) is 17.3 Å². The van der Waals surface area contributed by atoms with E-state index >= 15 is 0 Å². The Bertz CT molecular complexity index is 564. The van der Waals surface area contributed by atoms with Gasteiger partial charge in [0.05, 0.1) is 10.6 Å². The first kappa shape index (κ1) is 15.1. The lowest BCUT2D eigenvalue weighted by Crippen LogP contribution is -2.40. The van der Waals surface area contributed by atoms with Gasteiger partial charge in [0.1, 0.15) is 0 Å². The first-order chi connectivity index (χ1) is 10.0. The average molecular weight is 306 g/mol. The van der Waals surface area contributed by atoms with Crippen LogP contribution >= 0.6 is 0 Å². The molecule has 21 heavy (non-hydrogen) atoms. The number of sulfone groups is 1. The molecule has 2 aliphatic rings. The monoisotopic (exact) mass is 306 g/mol. The predicted molar refractivity (Wildman–Crippen MR) is 85.9 cm³/mol. The zero-order valence-electron chi connectivity index (χ0n) is 12.9. The number of benzene rings is 1. The van der Waals surface area contributed by atoms with Gasteiger partial charge in [-0.3, -0.25) is 0 Å². The van der Waals surface area contributed by atoms with Gasteiger partial charge in [0, 0.05) is 0 Å². The van der Waals surface area contributed by atoms with E-state index in [1.54, 1.807) is 12.1 Å². The minimum absolute atomic E-state index is 0.0165. The normalized spacial score (nSPS) is 32.8. The number of hydrogen-bond donors (Lipinski definition) is 0. The summed E-state index contributed by atoms with van der Waals surface area (Å²) in [6, 6.07) is 8.99. The standard InChI is InChI=1S/C18H26O2S/c1-2-18(12-15-7-6-8-16(11-15)13-18)14-21(19,20)17-9-4-3-5-10-17/h3-5,9-10,15-16H,2,6-8,11-14H2,1H3. The van der Waals surface area contributed by atoms with Crippen molar-refractivity contribution in [2.24, 2.45) is 17.3 Å². The van der Waals surface area contributed by atoms with Crippen molar-refractivity contribution in [3.63, 3.8) is 0 Å². The van der Waals surface area contributed by atoms with Crippen LogP contribution < -0.4 is 0 Å². The summed E-state index contributed by atoms with van der Waals surface area (Å²) in [5, 5.41) is 0. The molecule has 0 radical (unpaired) electrons. The van der Waals surface area contributed by atoms with Crippen LogP contribution in [-0.2, 0) is 9.84 Å². The van der Waals surface area contributed by atoms with Crippen LogP contribution in [0.4, 0.5) is 0 Å². The molecular formula is C18H26O2S. The van der Waals surface area contributed by atoms with Crippen molar-refractivity contribution in [3.8, 4) is 0 Å². The molecule has 0 spiro atoms. The molecule has 0 aliphatic heterocycles. The summed E-state index contributed by atoms with van der Waals surface area (Å²) in [4.78, 5) is 0.494. The second-order valence-corrected chi connectivity index (χ2v) is 9.22. The largest absolute Gasteiger partial charge is 0.224 e. The molecule has 2 bridgehead atoms. The quantitative estimate of drug-likeness (QED) is 0.823. The first-order valence-corrected chi connectivity index (χ1v) is 9.96. The molecule has 0 N–H and O–H groups in total. The molecule has 2 saturated carbocycles. The minimum atomic E-state index is -3.16. The molecular weight excluding hydrogens is 280 g/mol. The predicted octanol–water partition coefficient (Wildman–Crippen LogP) is 4.46. The summed E-state index contributed by atoms with van der Waals surface area (Å²) >= 11 is 0. The Morgan fingerprint density at radius 3 is 2.29 bits per heavy atom. The fourth-order valence-electron chi connectivity index (χ4n) is 4.70. The van der Waals surface area contributed by atoms with Crippen molar-refractivity contribution in [1.82, 2.24) is 0 Å². The Morgan fingerprint density at radius 1 is 1.10 bits per heavy atom. The molecule has 1 aromatic rings. The minimum Gasteiger partial charge on any atom is -0.224 e. The van der Waals surface area contributed by atoms with E-state index in [4.69, 9.17) is 0 Å². The van der Waals surface area contributed by atoms with Crippen molar-refractivity contribution < 1.29 is 8.42 Å². The van der Waals surface area contributed by atoms with Gasteiger partial charge in [0.25, 0.3) is 0 Å². The van der Waals surface area contributed by atoms with E-state index in [1.807, 2.05) is 18.2 Å². The van der Waals surface area contributed by atoms with Gasteiger partial charge in [-0.25, -0.2) is 8.42 Å². The molecule has 2 aliphatic carbocycles. The Kier molecular flexibility index (Phi) is 4.13. The fourth-order valence-corrected chi connectivity index (χ4v) is 6.69. The highest BCUT2D eigenvalue weighted by molar-refractivity contribution is 7.91. The lowest BCUT2D eigenvalue weighted by atomic mass is 9.60. The molecule has 1 aromatic carbocycles. The van der Waals surface area contributed by atoms with Gasteiger partial charge < -0.3 is 0 Å². The third kappa shape index (κ3) is 3.18. The van der Waals surface area contributed by atoms with Gasteiger partial charge in [-0.05, 0) is 55.1 Å². The van der Waals surface area contributed by atoms with Gasteiger partial charge in [-0.15, -0.1) is 0 Å². The van der Waals surface area contributed by atoms with Crippen LogP contribution in [-0.4, -0.2) is 14.2 Å². The Morgan fingerprint density at radius 2 is 1.71 bits per heavy atom. The van der Waals surface area contributed by atoms with Crippen LogP contribution in [0.25, 0.3) is 0 Å². The topological polar surface area (TPSA) is 34.1 Å². The Hall–Kier alpha value is -0.830. The maximum Gasteiger partial charge on any atom is 0.178 e. The highest BCUT2D eigenvalue weighted by atomic mass is 32.2. The molecule has 116 valence electrons. The molecule has 0 amide bonds. The van der Waals surface area contributed by atoms with Crippen LogP contribution in [0.15, 0.2) is 35.2 Å². The van der Waals surface area contributed by atoms with E-state index in [0.29, 0.717) is 10.6 Å². The summed E-state index contributed by atoms with van der Waals surface area (Å²) < 4.78 is 25.6. The maximum atomic E-state index is 12.8. The second kappa shape index (κ2) is 5.75. The third-order valence-corrected chi connectivity index (χ3v) is 7.67. The van der Waals surface area contributed by atoms with Crippen LogP contribution in [0.5, 0.6) is 0 Å². The number of hydrogen-bond acceptors (Lipinski definition) is 2. The molecule has 0 saturated heterocycles. The van der Waals surface area contributed by atoms with Gasteiger partial charge in [0.2, 0.25) is 0 Å². The summed E-state index contributed by atoms with van der Waals surface area (Å²) in [5.74, 6) is 1.87. The SMILES string of the molecule is CCC1(CS(=O)(=O)c2ccccc2)CC2CCCC(C2)C1. The van der Waals surface area contributed by atoms with Crippen LogP contribution in [0.3, 0.4) is 0 Å². The molecule has 2 atom stereocenters. The molecule has 3 heteroatoms. The van der Waals surface area contributed by atoms with E-state index in [-0.39, 0.29) is 5.41 Å². The van der Waals surface area contributed by atoms with E-state index < -0.39 is 9.84 Å². The zero-order chi connectivity index (χ0) is 14.9. The first-order valence-electron chi connectivity index (χ1n) is 8.31. The highest BCUT2D eigenvalue weighted by Gasteiger charge is 2.43. The van der Waals surface area contributed by atoms with Crippen molar-refractivity contribution >= 4 is 9.84 Å². The van der Waals surface area contributed by atoms with E-state index in [1.165, 1.54) is 25.7 Å². The van der Waals surface area contributed by atoms with Crippen molar-refractivity contribution in [3.05, 3.63) is 30.3 Å². The van der Waals surface area contributed by atoms with Crippen LogP contribution in [0.2, 0.25) is 0 Å². The number of rotatable bonds is 4. The number of fused-ring (bicyclic) bond motifs is 2. The maximum absolute atomic E-state index is 12.8. The summed E-state index contributed by atoms with van der Waals surface area (Å²) in [5.41, 5.74) is 0.0165. The summed E-state index contributed by atoms with van der Waals surface area (Å²) in [6.07, 6.45) is 8.53. The Balaban J connectivity index is 1.84.